The standard InChI is InChI=1S/C3H8O8P2.2CH4/c1-3(4)10-13(7,8)11-12(5,6)9-2;;/h1-2H3,(H,5,6)(H,7,8);2*1H4. The molecular formula is C5H16O8P2. The predicted octanol–water partition coefficient (Wildman–Crippen LogP) is 1.69. The molecule has 0 fully saturated rings. The molecule has 0 aliphatic rings. The summed E-state index contributed by atoms with van der Waals surface area (Å²) >= 11 is 0. The summed E-state index contributed by atoms with van der Waals surface area (Å²) in [6.45, 7) is 0.835. The van der Waals surface area contributed by atoms with E-state index in [0.717, 1.165) is 14.0 Å². The van der Waals surface area contributed by atoms with Gasteiger partial charge in [-0.25, -0.2) is 9.13 Å². The highest BCUT2D eigenvalue weighted by Gasteiger charge is 2.36. The van der Waals surface area contributed by atoms with Gasteiger partial charge in [-0.15, -0.1) is 0 Å². The fourth-order valence-corrected chi connectivity index (χ4v) is 2.11. The molecule has 0 saturated carbocycles. The number of phosphoric acid groups is 2. The van der Waals surface area contributed by atoms with E-state index < -0.39 is 21.6 Å². The molecule has 10 heteroatoms. The maximum atomic E-state index is 10.7. The van der Waals surface area contributed by atoms with Crippen molar-refractivity contribution >= 4 is 21.6 Å². The second-order valence-corrected chi connectivity index (χ2v) is 4.86. The number of hydrogen-bond donors (Lipinski definition) is 2. The molecule has 2 N–H and O–H groups in total. The van der Waals surface area contributed by atoms with Crippen LogP contribution >= 0.6 is 15.6 Å². The summed E-state index contributed by atoms with van der Waals surface area (Å²) in [6, 6.07) is 0. The Bertz CT molecular complexity index is 287. The van der Waals surface area contributed by atoms with E-state index in [1.807, 2.05) is 0 Å². The van der Waals surface area contributed by atoms with Gasteiger partial charge in [0.2, 0.25) is 0 Å². The Morgan fingerprint density at radius 3 is 1.80 bits per heavy atom. The van der Waals surface area contributed by atoms with Crippen molar-refractivity contribution in [1.82, 2.24) is 0 Å². The summed E-state index contributed by atoms with van der Waals surface area (Å²) in [7, 11) is -8.73. The van der Waals surface area contributed by atoms with Crippen LogP contribution < -0.4 is 0 Å². The summed E-state index contributed by atoms with van der Waals surface area (Å²) in [5.41, 5.74) is 0. The normalized spacial score (nSPS) is 17.3. The fourth-order valence-electron chi connectivity index (χ4n) is 0.343. The van der Waals surface area contributed by atoms with E-state index in [9.17, 15) is 13.9 Å². The van der Waals surface area contributed by atoms with E-state index >= 15 is 0 Å². The summed E-state index contributed by atoms with van der Waals surface area (Å²) in [4.78, 5) is 27.4. The molecule has 94 valence electrons. The van der Waals surface area contributed by atoms with Gasteiger partial charge in [0.05, 0.1) is 0 Å². The Morgan fingerprint density at radius 2 is 1.53 bits per heavy atom. The quantitative estimate of drug-likeness (QED) is 0.737. The molecule has 0 spiro atoms. The van der Waals surface area contributed by atoms with Crippen molar-refractivity contribution in [3.05, 3.63) is 0 Å². The molecule has 0 aromatic rings. The highest BCUT2D eigenvalue weighted by Crippen LogP contribution is 2.59. The third-order valence-corrected chi connectivity index (χ3v) is 3.28. The third-order valence-electron chi connectivity index (χ3n) is 0.681. The van der Waals surface area contributed by atoms with Gasteiger partial charge in [0, 0.05) is 14.0 Å². The van der Waals surface area contributed by atoms with E-state index in [-0.39, 0.29) is 14.9 Å². The molecule has 0 bridgehead atoms. The zero-order valence-electron chi connectivity index (χ0n) is 6.74. The molecule has 2 atom stereocenters. The van der Waals surface area contributed by atoms with Crippen LogP contribution in [0, 0.1) is 0 Å². The van der Waals surface area contributed by atoms with E-state index in [1.165, 1.54) is 0 Å². The minimum absolute atomic E-state index is 0. The van der Waals surface area contributed by atoms with Gasteiger partial charge in [-0.3, -0.25) is 14.2 Å². The van der Waals surface area contributed by atoms with Crippen molar-refractivity contribution in [2.75, 3.05) is 7.11 Å². The summed E-state index contributed by atoms with van der Waals surface area (Å²) in [5.74, 6) is -1.12. The molecule has 0 amide bonds. The highest BCUT2D eigenvalue weighted by atomic mass is 31.3. The Morgan fingerprint density at radius 1 is 1.13 bits per heavy atom. The average molecular weight is 266 g/mol. The van der Waals surface area contributed by atoms with Gasteiger partial charge in [0.25, 0.3) is 0 Å². The van der Waals surface area contributed by atoms with Crippen LogP contribution in [0.15, 0.2) is 0 Å². The molecule has 0 radical (unpaired) electrons. The molecule has 0 aromatic heterocycles. The van der Waals surface area contributed by atoms with Crippen LogP contribution in [0.3, 0.4) is 0 Å². The van der Waals surface area contributed by atoms with Gasteiger partial charge in [0.1, 0.15) is 0 Å². The van der Waals surface area contributed by atoms with Gasteiger partial charge in [0.15, 0.2) is 0 Å². The zero-order valence-corrected chi connectivity index (χ0v) is 8.53. The van der Waals surface area contributed by atoms with Crippen LogP contribution in [-0.2, 0) is 27.3 Å². The number of carbonyl (C=O) groups is 1. The summed E-state index contributed by atoms with van der Waals surface area (Å²) in [6.07, 6.45) is 0. The van der Waals surface area contributed by atoms with E-state index in [0.29, 0.717) is 0 Å². The second kappa shape index (κ2) is 7.11. The van der Waals surface area contributed by atoms with Crippen molar-refractivity contribution in [3.8, 4) is 0 Å². The molecule has 0 aliphatic carbocycles. The van der Waals surface area contributed by atoms with Gasteiger partial charge in [-0.1, -0.05) is 14.9 Å². The van der Waals surface area contributed by atoms with Crippen molar-refractivity contribution in [1.29, 1.82) is 0 Å². The lowest BCUT2D eigenvalue weighted by Gasteiger charge is -2.12. The first-order chi connectivity index (χ1) is 5.68. The van der Waals surface area contributed by atoms with Crippen molar-refractivity contribution in [2.24, 2.45) is 0 Å². The number of carbonyl (C=O) groups excluding carboxylic acids is 1. The Hall–Kier alpha value is -0.230. The van der Waals surface area contributed by atoms with E-state index in [4.69, 9.17) is 9.79 Å². The van der Waals surface area contributed by atoms with Crippen molar-refractivity contribution < 1.29 is 37.1 Å². The molecule has 0 heterocycles. The lowest BCUT2D eigenvalue weighted by molar-refractivity contribution is -0.133. The van der Waals surface area contributed by atoms with E-state index in [1.54, 1.807) is 0 Å². The molecular weight excluding hydrogens is 250 g/mol. The van der Waals surface area contributed by atoms with Crippen molar-refractivity contribution in [3.63, 3.8) is 0 Å². The van der Waals surface area contributed by atoms with Gasteiger partial charge in [-0.2, -0.15) is 4.31 Å². The smallest absolute Gasteiger partial charge is 0.371 e. The first-order valence-corrected chi connectivity index (χ1v) is 5.80. The minimum atomic E-state index is -4.87. The van der Waals surface area contributed by atoms with Crippen LogP contribution in [-0.4, -0.2) is 22.9 Å². The molecule has 0 rings (SSSR count). The van der Waals surface area contributed by atoms with Gasteiger partial charge < -0.3 is 9.42 Å². The minimum Gasteiger partial charge on any atom is -0.371 e. The first kappa shape index (κ1) is 20.2. The molecule has 0 aliphatic heterocycles. The predicted molar refractivity (Wildman–Crippen MR) is 53.0 cm³/mol. The van der Waals surface area contributed by atoms with Crippen molar-refractivity contribution in [2.45, 2.75) is 21.8 Å². The Labute approximate surface area is 88.4 Å². The van der Waals surface area contributed by atoms with Crippen LogP contribution in [0.2, 0.25) is 0 Å². The second-order valence-electron chi connectivity index (χ2n) is 1.78. The maximum Gasteiger partial charge on any atom is 0.538 e. The van der Waals surface area contributed by atoms with Crippen LogP contribution in [0.4, 0.5) is 0 Å². The SMILES string of the molecule is C.C.COP(=O)(O)OP(=O)(O)OC(C)=O. The Balaban J connectivity index is -0.000000720. The summed E-state index contributed by atoms with van der Waals surface area (Å²) in [5, 5.41) is 0. The fraction of sp³-hybridized carbons (Fsp3) is 0.800. The average Bonchev–Trinajstić information content (AvgIpc) is 1.81. The highest BCUT2D eigenvalue weighted by molar-refractivity contribution is 7.61. The maximum absolute atomic E-state index is 10.7. The van der Waals surface area contributed by atoms with Crippen LogP contribution in [0.25, 0.3) is 0 Å². The number of phosphoric ester groups is 2. The molecule has 8 nitrogen and oxygen atoms in total. The van der Waals surface area contributed by atoms with E-state index in [2.05, 4.69) is 13.4 Å². The van der Waals surface area contributed by atoms with Gasteiger partial charge >= 0.3 is 21.6 Å². The third kappa shape index (κ3) is 10.1. The topological polar surface area (TPSA) is 119 Å². The largest absolute Gasteiger partial charge is 0.538 e. The van der Waals surface area contributed by atoms with Crippen LogP contribution in [0.5, 0.6) is 0 Å². The number of rotatable bonds is 4. The number of hydrogen-bond acceptors (Lipinski definition) is 6. The summed E-state index contributed by atoms with van der Waals surface area (Å²) < 4.78 is 32.4. The molecule has 2 unspecified atom stereocenters. The first-order valence-electron chi connectivity index (χ1n) is 2.81. The molecule has 0 saturated heterocycles. The Kier molecular flexibility index (Phi) is 9.58. The molecule has 15 heavy (non-hydrogen) atoms. The zero-order chi connectivity index (χ0) is 10.7. The molecule has 0 aromatic carbocycles. The van der Waals surface area contributed by atoms with Gasteiger partial charge in [-0.05, 0) is 0 Å². The lowest BCUT2D eigenvalue weighted by atomic mass is 10.9. The van der Waals surface area contributed by atoms with Crippen LogP contribution in [0.1, 0.15) is 21.8 Å². The monoisotopic (exact) mass is 266 g/mol. The lowest BCUT2D eigenvalue weighted by Crippen LogP contribution is -1.99.